The lowest BCUT2D eigenvalue weighted by atomic mass is 9.76. The number of aryl methyl sites for hydroxylation is 1. The van der Waals surface area contributed by atoms with Crippen molar-refractivity contribution in [3.05, 3.63) is 33.8 Å². The van der Waals surface area contributed by atoms with E-state index in [1.165, 1.54) is 11.1 Å². The van der Waals surface area contributed by atoms with E-state index in [1.54, 1.807) is 0 Å². The monoisotopic (exact) mass is 282 g/mol. The SMILES string of the molecule is CC(C(=O)O)[C@H]1CCCc2ccc(Br)cc21. The Morgan fingerprint density at radius 1 is 1.56 bits per heavy atom. The van der Waals surface area contributed by atoms with E-state index in [0.717, 1.165) is 23.7 Å². The summed E-state index contributed by atoms with van der Waals surface area (Å²) >= 11 is 3.46. The Hall–Kier alpha value is -0.830. The average Bonchev–Trinajstić information content (AvgIpc) is 2.27. The van der Waals surface area contributed by atoms with E-state index >= 15 is 0 Å². The van der Waals surface area contributed by atoms with Gasteiger partial charge in [-0.3, -0.25) is 4.79 Å². The third-order valence-electron chi connectivity index (χ3n) is 3.46. The van der Waals surface area contributed by atoms with Crippen LogP contribution >= 0.6 is 15.9 Å². The third kappa shape index (κ3) is 2.14. The molecule has 0 aromatic heterocycles. The Balaban J connectivity index is 2.38. The van der Waals surface area contributed by atoms with Crippen LogP contribution in [0.15, 0.2) is 22.7 Å². The Morgan fingerprint density at radius 3 is 3.00 bits per heavy atom. The standard InChI is InChI=1S/C13H15BrO2/c1-8(13(15)16)11-4-2-3-9-5-6-10(14)7-12(9)11/h5-8,11H,2-4H2,1H3,(H,15,16)/t8?,11-/m1/s1. The van der Waals surface area contributed by atoms with Crippen molar-refractivity contribution in [2.24, 2.45) is 5.92 Å². The van der Waals surface area contributed by atoms with Crippen LogP contribution in [0.1, 0.15) is 36.8 Å². The van der Waals surface area contributed by atoms with Crippen LogP contribution in [-0.2, 0) is 11.2 Å². The molecule has 0 saturated heterocycles. The largest absolute Gasteiger partial charge is 0.481 e. The van der Waals surface area contributed by atoms with E-state index in [4.69, 9.17) is 5.11 Å². The summed E-state index contributed by atoms with van der Waals surface area (Å²) in [4.78, 5) is 11.1. The van der Waals surface area contributed by atoms with Gasteiger partial charge in [0.05, 0.1) is 5.92 Å². The minimum absolute atomic E-state index is 0.166. The van der Waals surface area contributed by atoms with Crippen molar-refractivity contribution >= 4 is 21.9 Å². The topological polar surface area (TPSA) is 37.3 Å². The van der Waals surface area contributed by atoms with Gasteiger partial charge in [-0.15, -0.1) is 0 Å². The van der Waals surface area contributed by atoms with Crippen molar-refractivity contribution in [1.29, 1.82) is 0 Å². The first-order valence-corrected chi connectivity index (χ1v) is 6.40. The van der Waals surface area contributed by atoms with Gasteiger partial charge < -0.3 is 5.11 Å². The number of carbonyl (C=O) groups is 1. The van der Waals surface area contributed by atoms with E-state index < -0.39 is 5.97 Å². The van der Waals surface area contributed by atoms with Crippen molar-refractivity contribution in [1.82, 2.24) is 0 Å². The Labute approximate surface area is 104 Å². The highest BCUT2D eigenvalue weighted by molar-refractivity contribution is 9.10. The first-order chi connectivity index (χ1) is 7.59. The smallest absolute Gasteiger partial charge is 0.306 e. The van der Waals surface area contributed by atoms with Gasteiger partial charge in [-0.1, -0.05) is 28.9 Å². The second-order valence-corrected chi connectivity index (χ2v) is 5.38. The second kappa shape index (κ2) is 4.58. The predicted molar refractivity (Wildman–Crippen MR) is 66.6 cm³/mol. The van der Waals surface area contributed by atoms with E-state index in [-0.39, 0.29) is 11.8 Å². The average molecular weight is 283 g/mol. The molecule has 1 aromatic rings. The summed E-state index contributed by atoms with van der Waals surface area (Å²) in [5.74, 6) is -0.829. The molecule has 0 amide bonds. The minimum Gasteiger partial charge on any atom is -0.481 e. The van der Waals surface area contributed by atoms with Gasteiger partial charge in [0, 0.05) is 4.47 Å². The molecule has 2 rings (SSSR count). The zero-order chi connectivity index (χ0) is 11.7. The lowest BCUT2D eigenvalue weighted by Gasteiger charge is -2.28. The predicted octanol–water partition coefficient (Wildman–Crippen LogP) is 3.59. The molecule has 3 heteroatoms. The Bertz CT molecular complexity index is 414. The van der Waals surface area contributed by atoms with Gasteiger partial charge >= 0.3 is 5.97 Å². The van der Waals surface area contributed by atoms with Crippen LogP contribution in [0, 0.1) is 5.92 Å². The summed E-state index contributed by atoms with van der Waals surface area (Å²) in [7, 11) is 0. The maximum Gasteiger partial charge on any atom is 0.306 e. The third-order valence-corrected chi connectivity index (χ3v) is 3.95. The maximum atomic E-state index is 11.1. The van der Waals surface area contributed by atoms with Crippen molar-refractivity contribution in [3.63, 3.8) is 0 Å². The molecule has 1 aliphatic rings. The van der Waals surface area contributed by atoms with Crippen molar-refractivity contribution in [2.45, 2.75) is 32.1 Å². The number of carboxylic acids is 1. The molecule has 0 spiro atoms. The quantitative estimate of drug-likeness (QED) is 0.900. The molecule has 1 aromatic carbocycles. The molecule has 1 unspecified atom stereocenters. The fourth-order valence-corrected chi connectivity index (χ4v) is 2.88. The van der Waals surface area contributed by atoms with Crippen molar-refractivity contribution < 1.29 is 9.90 Å². The lowest BCUT2D eigenvalue weighted by Crippen LogP contribution is -2.22. The molecule has 0 bridgehead atoms. The summed E-state index contributed by atoms with van der Waals surface area (Å²) in [5.41, 5.74) is 2.53. The van der Waals surface area contributed by atoms with E-state index in [2.05, 4.69) is 28.1 Å². The minimum atomic E-state index is -0.696. The van der Waals surface area contributed by atoms with Crippen LogP contribution in [0.3, 0.4) is 0 Å². The van der Waals surface area contributed by atoms with Gasteiger partial charge in [-0.2, -0.15) is 0 Å². The van der Waals surface area contributed by atoms with Gasteiger partial charge in [0.2, 0.25) is 0 Å². The molecule has 0 saturated carbocycles. The van der Waals surface area contributed by atoms with Crippen LogP contribution < -0.4 is 0 Å². The molecule has 2 atom stereocenters. The first kappa shape index (κ1) is 11.6. The number of hydrogen-bond acceptors (Lipinski definition) is 1. The fraction of sp³-hybridized carbons (Fsp3) is 0.462. The molecule has 0 fully saturated rings. The highest BCUT2D eigenvalue weighted by Crippen LogP contribution is 2.38. The van der Waals surface area contributed by atoms with Gasteiger partial charge in [-0.05, 0) is 48.4 Å². The number of fused-ring (bicyclic) bond motifs is 1. The molecular weight excluding hydrogens is 268 g/mol. The van der Waals surface area contributed by atoms with Gasteiger partial charge in [0.1, 0.15) is 0 Å². The molecule has 2 nitrogen and oxygen atoms in total. The van der Waals surface area contributed by atoms with Gasteiger partial charge in [0.15, 0.2) is 0 Å². The molecule has 1 N–H and O–H groups in total. The van der Waals surface area contributed by atoms with Crippen LogP contribution in [0.25, 0.3) is 0 Å². The fourth-order valence-electron chi connectivity index (χ4n) is 2.50. The molecule has 0 radical (unpaired) electrons. The van der Waals surface area contributed by atoms with Crippen LogP contribution in [0.4, 0.5) is 0 Å². The zero-order valence-electron chi connectivity index (χ0n) is 9.24. The number of rotatable bonds is 2. The zero-order valence-corrected chi connectivity index (χ0v) is 10.8. The highest BCUT2D eigenvalue weighted by atomic mass is 79.9. The molecule has 16 heavy (non-hydrogen) atoms. The van der Waals surface area contributed by atoms with Crippen molar-refractivity contribution in [2.75, 3.05) is 0 Å². The highest BCUT2D eigenvalue weighted by Gasteiger charge is 2.29. The molecule has 86 valence electrons. The Kier molecular flexibility index (Phi) is 3.33. The molecule has 0 aliphatic heterocycles. The molecular formula is C13H15BrO2. The first-order valence-electron chi connectivity index (χ1n) is 5.60. The summed E-state index contributed by atoms with van der Waals surface area (Å²) in [6.45, 7) is 1.81. The summed E-state index contributed by atoms with van der Waals surface area (Å²) in [5, 5.41) is 9.12. The van der Waals surface area contributed by atoms with Crippen molar-refractivity contribution in [3.8, 4) is 0 Å². The maximum absolute atomic E-state index is 11.1. The van der Waals surface area contributed by atoms with E-state index in [1.807, 2.05) is 13.0 Å². The summed E-state index contributed by atoms with van der Waals surface area (Å²) in [6.07, 6.45) is 3.15. The van der Waals surface area contributed by atoms with Crippen LogP contribution in [0.5, 0.6) is 0 Å². The molecule has 0 heterocycles. The normalized spacial score (nSPS) is 21.2. The van der Waals surface area contributed by atoms with Gasteiger partial charge in [-0.25, -0.2) is 0 Å². The summed E-state index contributed by atoms with van der Waals surface area (Å²) < 4.78 is 1.04. The van der Waals surface area contributed by atoms with E-state index in [0.29, 0.717) is 0 Å². The van der Waals surface area contributed by atoms with Crippen LogP contribution in [-0.4, -0.2) is 11.1 Å². The lowest BCUT2D eigenvalue weighted by molar-refractivity contribution is -0.142. The van der Waals surface area contributed by atoms with Gasteiger partial charge in [0.25, 0.3) is 0 Å². The van der Waals surface area contributed by atoms with Crippen LogP contribution in [0.2, 0.25) is 0 Å². The van der Waals surface area contributed by atoms with E-state index in [9.17, 15) is 4.79 Å². The number of carboxylic acid groups (broad SMARTS) is 1. The second-order valence-electron chi connectivity index (χ2n) is 4.47. The number of aliphatic carboxylic acids is 1. The number of benzene rings is 1. The number of hydrogen-bond donors (Lipinski definition) is 1. The number of halogens is 1. The molecule has 1 aliphatic carbocycles. The Morgan fingerprint density at radius 2 is 2.31 bits per heavy atom. The summed E-state index contributed by atoms with van der Waals surface area (Å²) in [6, 6.07) is 6.23.